The second-order valence-electron chi connectivity index (χ2n) is 6.97. The van der Waals surface area contributed by atoms with Crippen LogP contribution in [0.2, 0.25) is 0 Å². The number of ketones is 2. The van der Waals surface area contributed by atoms with Crippen molar-refractivity contribution in [3.05, 3.63) is 57.6 Å². The molecular formula is C22H26N2O2S2. The highest BCUT2D eigenvalue weighted by Crippen LogP contribution is 2.26. The van der Waals surface area contributed by atoms with Crippen LogP contribution in [0.1, 0.15) is 24.5 Å². The van der Waals surface area contributed by atoms with Gasteiger partial charge < -0.3 is 10.6 Å². The van der Waals surface area contributed by atoms with E-state index in [-0.39, 0.29) is 23.7 Å². The quantitative estimate of drug-likeness (QED) is 0.500. The van der Waals surface area contributed by atoms with E-state index in [1.807, 2.05) is 24.6 Å². The summed E-state index contributed by atoms with van der Waals surface area (Å²) in [5.41, 5.74) is 2.36. The number of hydrogen-bond donors (Lipinski definition) is 2. The van der Waals surface area contributed by atoms with Crippen LogP contribution in [-0.4, -0.2) is 37.2 Å². The molecule has 2 aromatic heterocycles. The Bertz CT molecular complexity index is 918. The molecule has 2 N–H and O–H groups in total. The van der Waals surface area contributed by atoms with Crippen molar-refractivity contribution in [3.8, 4) is 0 Å². The van der Waals surface area contributed by atoms with Gasteiger partial charge in [-0.1, -0.05) is 18.2 Å². The number of benzene rings is 1. The van der Waals surface area contributed by atoms with Gasteiger partial charge in [0.25, 0.3) is 0 Å². The molecule has 28 heavy (non-hydrogen) atoms. The van der Waals surface area contributed by atoms with Crippen molar-refractivity contribution < 1.29 is 9.59 Å². The Morgan fingerprint density at radius 3 is 2.61 bits per heavy atom. The van der Waals surface area contributed by atoms with Gasteiger partial charge in [-0.05, 0) is 71.6 Å². The molecule has 0 aliphatic heterocycles. The van der Waals surface area contributed by atoms with E-state index in [1.54, 1.807) is 29.6 Å². The highest BCUT2D eigenvalue weighted by molar-refractivity contribution is 7.17. The van der Waals surface area contributed by atoms with Gasteiger partial charge in [0.1, 0.15) is 5.78 Å². The minimum absolute atomic E-state index is 0.103. The van der Waals surface area contributed by atoms with Crippen LogP contribution >= 0.6 is 22.7 Å². The maximum absolute atomic E-state index is 12.6. The number of likely N-dealkylation sites (N-methyl/N-ethyl adjacent to an activating group) is 1. The summed E-state index contributed by atoms with van der Waals surface area (Å²) in [4.78, 5) is 24.7. The van der Waals surface area contributed by atoms with E-state index in [0.29, 0.717) is 25.8 Å². The average molecular weight is 415 g/mol. The Labute approximate surface area is 174 Å². The molecule has 3 rings (SSSR count). The predicted octanol–water partition coefficient (Wildman–Crippen LogP) is 3.84. The molecule has 0 amide bonds. The van der Waals surface area contributed by atoms with Gasteiger partial charge in [-0.15, -0.1) is 11.3 Å². The normalized spacial score (nSPS) is 13.5. The largest absolute Gasteiger partial charge is 0.310 e. The summed E-state index contributed by atoms with van der Waals surface area (Å²) in [6, 6.07) is 9.86. The Kier molecular flexibility index (Phi) is 7.50. The lowest BCUT2D eigenvalue weighted by Crippen LogP contribution is -2.41. The highest BCUT2D eigenvalue weighted by Gasteiger charge is 2.20. The molecule has 2 atom stereocenters. The molecular weight excluding hydrogens is 388 g/mol. The van der Waals surface area contributed by atoms with Crippen molar-refractivity contribution in [1.82, 2.24) is 10.6 Å². The van der Waals surface area contributed by atoms with Crippen molar-refractivity contribution in [1.29, 1.82) is 0 Å². The van der Waals surface area contributed by atoms with E-state index in [4.69, 9.17) is 0 Å². The first kappa shape index (κ1) is 20.9. The molecule has 0 saturated heterocycles. The lowest BCUT2D eigenvalue weighted by Gasteiger charge is -2.18. The molecule has 0 fully saturated rings. The van der Waals surface area contributed by atoms with E-state index in [2.05, 4.69) is 39.6 Å². The zero-order valence-electron chi connectivity index (χ0n) is 16.2. The van der Waals surface area contributed by atoms with Gasteiger partial charge in [0.05, 0.1) is 12.1 Å². The lowest BCUT2D eigenvalue weighted by atomic mass is 10.0. The first-order valence-corrected chi connectivity index (χ1v) is 11.3. The lowest BCUT2D eigenvalue weighted by molar-refractivity contribution is -0.122. The molecule has 0 aliphatic rings. The van der Waals surface area contributed by atoms with Crippen molar-refractivity contribution in [2.24, 2.45) is 0 Å². The number of fused-ring (bicyclic) bond motifs is 1. The van der Waals surface area contributed by atoms with Crippen LogP contribution < -0.4 is 10.6 Å². The fourth-order valence-electron chi connectivity index (χ4n) is 3.34. The Hall–Kier alpha value is -1.86. The summed E-state index contributed by atoms with van der Waals surface area (Å²) in [5, 5.41) is 13.9. The van der Waals surface area contributed by atoms with Crippen molar-refractivity contribution in [3.63, 3.8) is 0 Å². The predicted molar refractivity (Wildman–Crippen MR) is 118 cm³/mol. The van der Waals surface area contributed by atoms with E-state index < -0.39 is 0 Å². The molecule has 0 saturated carbocycles. The highest BCUT2D eigenvalue weighted by atomic mass is 32.1. The summed E-state index contributed by atoms with van der Waals surface area (Å²) in [6.45, 7) is 2.12. The molecule has 0 spiro atoms. The molecule has 0 bridgehead atoms. The topological polar surface area (TPSA) is 58.2 Å². The number of hydrogen-bond acceptors (Lipinski definition) is 6. The maximum Gasteiger partial charge on any atom is 0.151 e. The minimum Gasteiger partial charge on any atom is -0.310 e. The van der Waals surface area contributed by atoms with Crippen molar-refractivity contribution in [2.45, 2.75) is 38.3 Å². The smallest absolute Gasteiger partial charge is 0.151 e. The number of nitrogens with one attached hydrogen (secondary N) is 2. The zero-order chi connectivity index (χ0) is 19.9. The van der Waals surface area contributed by atoms with E-state index in [9.17, 15) is 9.59 Å². The first-order chi connectivity index (χ1) is 13.6. The van der Waals surface area contributed by atoms with Crippen molar-refractivity contribution in [2.75, 3.05) is 13.6 Å². The second kappa shape index (κ2) is 10.1. The molecule has 148 valence electrons. The van der Waals surface area contributed by atoms with Gasteiger partial charge in [-0.3, -0.25) is 9.59 Å². The summed E-state index contributed by atoms with van der Waals surface area (Å²) in [5.74, 6) is 0.274. The van der Waals surface area contributed by atoms with E-state index >= 15 is 0 Å². The van der Waals surface area contributed by atoms with Crippen molar-refractivity contribution >= 4 is 44.3 Å². The number of carbonyl (C=O) groups excluding carboxylic acids is 2. The molecule has 0 unspecified atom stereocenters. The van der Waals surface area contributed by atoms with Crippen LogP contribution in [0.25, 0.3) is 10.1 Å². The third-order valence-electron chi connectivity index (χ3n) is 5.00. The molecule has 3 aromatic rings. The molecule has 4 nitrogen and oxygen atoms in total. The van der Waals surface area contributed by atoms with Gasteiger partial charge in [0.15, 0.2) is 5.78 Å². The Morgan fingerprint density at radius 2 is 1.89 bits per heavy atom. The van der Waals surface area contributed by atoms with Crippen LogP contribution in [0.15, 0.2) is 46.5 Å². The number of Topliss-reactive ketones (excluding diaryl/α,β-unsaturated/α-hetero) is 2. The van der Waals surface area contributed by atoms with Crippen LogP contribution in [0, 0.1) is 0 Å². The van der Waals surface area contributed by atoms with Crippen LogP contribution in [-0.2, 0) is 22.4 Å². The maximum atomic E-state index is 12.6. The minimum atomic E-state index is -0.268. The first-order valence-electron chi connectivity index (χ1n) is 9.48. The Morgan fingerprint density at radius 1 is 1.07 bits per heavy atom. The molecule has 2 heterocycles. The van der Waals surface area contributed by atoms with Gasteiger partial charge in [-0.2, -0.15) is 11.3 Å². The van der Waals surface area contributed by atoms with Gasteiger partial charge in [0, 0.05) is 17.7 Å². The third-order valence-corrected chi connectivity index (χ3v) is 6.74. The summed E-state index contributed by atoms with van der Waals surface area (Å²) >= 11 is 3.35. The summed E-state index contributed by atoms with van der Waals surface area (Å²) in [7, 11) is 1.82. The fourth-order valence-corrected chi connectivity index (χ4v) is 4.99. The van der Waals surface area contributed by atoms with Crippen LogP contribution in [0.5, 0.6) is 0 Å². The molecule has 6 heteroatoms. The van der Waals surface area contributed by atoms with E-state index in [0.717, 1.165) is 0 Å². The fraction of sp³-hybridized carbons (Fsp3) is 0.364. The average Bonchev–Trinajstić information content (AvgIpc) is 3.35. The molecule has 0 radical (unpaired) electrons. The number of thiophene rings is 2. The SMILES string of the molecule is CN[C@@H](Cc1ccsc1)C(=O)CCN[C@@H](Cc1csc2ccccc12)C(C)=O. The van der Waals surface area contributed by atoms with Gasteiger partial charge in [-0.25, -0.2) is 0 Å². The third kappa shape index (κ3) is 5.35. The molecule has 0 aliphatic carbocycles. The summed E-state index contributed by atoms with van der Waals surface area (Å²) in [6.07, 6.45) is 1.76. The monoisotopic (exact) mass is 414 g/mol. The Balaban J connectivity index is 1.54. The van der Waals surface area contributed by atoms with Gasteiger partial charge >= 0.3 is 0 Å². The summed E-state index contributed by atoms with van der Waals surface area (Å²) < 4.78 is 1.24. The van der Waals surface area contributed by atoms with E-state index in [1.165, 1.54) is 21.2 Å². The van der Waals surface area contributed by atoms with Crippen LogP contribution in [0.4, 0.5) is 0 Å². The second-order valence-corrected chi connectivity index (χ2v) is 8.66. The zero-order valence-corrected chi connectivity index (χ0v) is 17.9. The number of rotatable bonds is 11. The standard InChI is InChI=1S/C22H26N2O2S2/c1-15(25)19(12-17-14-28-22-6-4-3-5-18(17)22)24-9-7-21(26)20(23-2)11-16-8-10-27-13-16/h3-6,8,10,13-14,19-20,23-24H,7,9,11-12H2,1-2H3/t19-,20-/m0/s1. The van der Waals surface area contributed by atoms with Gasteiger partial charge in [0.2, 0.25) is 0 Å². The number of carbonyl (C=O) groups is 2. The van der Waals surface area contributed by atoms with Crippen LogP contribution in [0.3, 0.4) is 0 Å². The molecule has 1 aromatic carbocycles.